The summed E-state index contributed by atoms with van der Waals surface area (Å²) in [4.78, 5) is 20.7. The first-order chi connectivity index (χ1) is 5.66. The minimum atomic E-state index is -1.09. The largest absolute Gasteiger partial charge is 0.480 e. The molecule has 0 radical (unpaired) electrons. The summed E-state index contributed by atoms with van der Waals surface area (Å²) in [5.74, 6) is -1.18. The van der Waals surface area contributed by atoms with Crippen molar-refractivity contribution in [3.05, 3.63) is 5.82 Å². The number of aromatic nitrogens is 4. The van der Waals surface area contributed by atoms with Crippen LogP contribution in [0.5, 0.6) is 0 Å². The zero-order valence-corrected chi connectivity index (χ0v) is 6.21. The Kier molecular flexibility index (Phi) is 2.13. The van der Waals surface area contributed by atoms with Crippen LogP contribution in [0.25, 0.3) is 0 Å². The Bertz CT molecular complexity index is 307. The number of carboxylic acid groups (broad SMARTS) is 1. The van der Waals surface area contributed by atoms with Crippen LogP contribution in [0.2, 0.25) is 0 Å². The highest BCUT2D eigenvalue weighted by Gasteiger charge is 2.18. The number of carboxylic acids is 1. The molecule has 0 aliphatic rings. The number of aldehydes is 1. The molecule has 0 amide bonds. The van der Waals surface area contributed by atoms with Crippen LogP contribution >= 0.6 is 0 Å². The molecule has 0 aliphatic heterocycles. The fourth-order valence-electron chi connectivity index (χ4n) is 0.659. The molecule has 1 N–H and O–H groups in total. The Morgan fingerprint density at radius 2 is 2.42 bits per heavy atom. The van der Waals surface area contributed by atoms with Crippen molar-refractivity contribution in [3.63, 3.8) is 0 Å². The summed E-state index contributed by atoms with van der Waals surface area (Å²) in [7, 11) is 0. The maximum Gasteiger partial charge on any atom is 0.328 e. The second-order valence-corrected chi connectivity index (χ2v) is 2.11. The third-order valence-corrected chi connectivity index (χ3v) is 1.35. The number of hydrogen-bond acceptors (Lipinski definition) is 5. The molecule has 1 aromatic rings. The summed E-state index contributed by atoms with van der Waals surface area (Å²) in [6.45, 7) is 1.38. The molecule has 1 aromatic heterocycles. The van der Waals surface area contributed by atoms with Crippen LogP contribution in [0.4, 0.5) is 0 Å². The van der Waals surface area contributed by atoms with Gasteiger partial charge < -0.3 is 5.11 Å². The molecular formula is C5H6N4O3. The highest BCUT2D eigenvalue weighted by Crippen LogP contribution is 2.03. The molecule has 0 spiro atoms. The molecule has 0 fully saturated rings. The quantitative estimate of drug-likeness (QED) is 0.592. The molecule has 1 unspecified atom stereocenters. The smallest absolute Gasteiger partial charge is 0.328 e. The molecule has 1 heterocycles. The average molecular weight is 170 g/mol. The predicted octanol–water partition coefficient (Wildman–Crippen LogP) is -0.869. The Labute approximate surface area is 67.0 Å². The number of nitrogens with zero attached hydrogens (tertiary/aromatic N) is 4. The van der Waals surface area contributed by atoms with Gasteiger partial charge in [-0.15, -0.1) is 5.10 Å². The van der Waals surface area contributed by atoms with Crippen molar-refractivity contribution >= 4 is 12.3 Å². The zero-order chi connectivity index (χ0) is 9.14. The summed E-state index contributed by atoms with van der Waals surface area (Å²) in [5, 5.41) is 18.4. The van der Waals surface area contributed by atoms with Crippen molar-refractivity contribution in [2.75, 3.05) is 0 Å². The van der Waals surface area contributed by atoms with E-state index in [-0.39, 0.29) is 5.82 Å². The number of rotatable bonds is 3. The summed E-state index contributed by atoms with van der Waals surface area (Å²) >= 11 is 0. The van der Waals surface area contributed by atoms with Crippen molar-refractivity contribution in [2.24, 2.45) is 0 Å². The van der Waals surface area contributed by atoms with Gasteiger partial charge >= 0.3 is 5.97 Å². The highest BCUT2D eigenvalue weighted by atomic mass is 16.4. The summed E-state index contributed by atoms with van der Waals surface area (Å²) in [5.41, 5.74) is 0. The van der Waals surface area contributed by atoms with Crippen molar-refractivity contribution in [1.29, 1.82) is 0 Å². The standard InChI is InChI=1S/C5H6N4O3/c1-3(5(11)12)9-4(2-10)6-7-8-9/h2-3H,1H3,(H,11,12). The van der Waals surface area contributed by atoms with Crippen LogP contribution in [0.3, 0.4) is 0 Å². The Balaban J connectivity index is 3.01. The van der Waals surface area contributed by atoms with Crippen LogP contribution in [-0.2, 0) is 4.79 Å². The molecule has 0 saturated heterocycles. The number of carbonyl (C=O) groups excluding carboxylic acids is 1. The predicted molar refractivity (Wildman–Crippen MR) is 35.6 cm³/mol. The van der Waals surface area contributed by atoms with E-state index in [2.05, 4.69) is 15.5 Å². The monoisotopic (exact) mass is 170 g/mol. The van der Waals surface area contributed by atoms with Gasteiger partial charge in [0.15, 0.2) is 12.3 Å². The molecule has 1 atom stereocenters. The first-order valence-corrected chi connectivity index (χ1v) is 3.12. The van der Waals surface area contributed by atoms with Crippen molar-refractivity contribution in [2.45, 2.75) is 13.0 Å². The Hall–Kier alpha value is -1.79. The Morgan fingerprint density at radius 1 is 1.75 bits per heavy atom. The summed E-state index contributed by atoms with van der Waals surface area (Å²) in [6.07, 6.45) is 0.402. The lowest BCUT2D eigenvalue weighted by Crippen LogP contribution is -2.19. The van der Waals surface area contributed by atoms with Crippen molar-refractivity contribution in [1.82, 2.24) is 20.2 Å². The second kappa shape index (κ2) is 3.07. The van der Waals surface area contributed by atoms with Crippen molar-refractivity contribution in [3.8, 4) is 0 Å². The molecule has 12 heavy (non-hydrogen) atoms. The molecule has 0 aromatic carbocycles. The lowest BCUT2D eigenvalue weighted by molar-refractivity contribution is -0.140. The van der Waals surface area contributed by atoms with E-state index in [0.29, 0.717) is 6.29 Å². The van der Waals surface area contributed by atoms with E-state index in [0.717, 1.165) is 4.68 Å². The van der Waals surface area contributed by atoms with Gasteiger partial charge in [-0.25, -0.2) is 9.48 Å². The minimum Gasteiger partial charge on any atom is -0.480 e. The van der Waals surface area contributed by atoms with Gasteiger partial charge in [0.05, 0.1) is 0 Å². The lowest BCUT2D eigenvalue weighted by Gasteiger charge is -2.04. The fraction of sp³-hybridized carbons (Fsp3) is 0.400. The fourth-order valence-corrected chi connectivity index (χ4v) is 0.659. The van der Waals surface area contributed by atoms with Gasteiger partial charge in [-0.2, -0.15) is 0 Å². The second-order valence-electron chi connectivity index (χ2n) is 2.11. The van der Waals surface area contributed by atoms with Gasteiger partial charge in [0, 0.05) is 0 Å². The van der Waals surface area contributed by atoms with Gasteiger partial charge in [-0.3, -0.25) is 4.79 Å². The number of carbonyl (C=O) groups is 2. The van der Waals surface area contributed by atoms with Crippen LogP contribution in [0, 0.1) is 0 Å². The SMILES string of the molecule is CC(C(=O)O)n1nnnc1C=O. The van der Waals surface area contributed by atoms with E-state index in [1.807, 2.05) is 0 Å². The van der Waals surface area contributed by atoms with Crippen LogP contribution in [-0.4, -0.2) is 37.6 Å². The molecule has 64 valence electrons. The summed E-state index contributed by atoms with van der Waals surface area (Å²) < 4.78 is 0.940. The van der Waals surface area contributed by atoms with E-state index in [4.69, 9.17) is 5.11 Å². The molecule has 7 nitrogen and oxygen atoms in total. The van der Waals surface area contributed by atoms with Gasteiger partial charge in [-0.05, 0) is 17.4 Å². The number of hydrogen-bond donors (Lipinski definition) is 1. The molecule has 0 aliphatic carbocycles. The molecule has 0 bridgehead atoms. The number of tetrazole rings is 1. The lowest BCUT2D eigenvalue weighted by atomic mass is 10.3. The topological polar surface area (TPSA) is 98.0 Å². The minimum absolute atomic E-state index is 0.0927. The van der Waals surface area contributed by atoms with Gasteiger partial charge in [0.1, 0.15) is 0 Å². The molecule has 0 saturated carbocycles. The first kappa shape index (κ1) is 8.31. The first-order valence-electron chi connectivity index (χ1n) is 3.12. The number of aliphatic carboxylic acids is 1. The molecular weight excluding hydrogens is 164 g/mol. The molecule has 7 heteroatoms. The highest BCUT2D eigenvalue weighted by molar-refractivity contribution is 5.74. The van der Waals surface area contributed by atoms with E-state index in [1.54, 1.807) is 0 Å². The average Bonchev–Trinajstić information content (AvgIpc) is 2.49. The molecule has 1 rings (SSSR count). The van der Waals surface area contributed by atoms with Gasteiger partial charge in [-0.1, -0.05) is 0 Å². The third-order valence-electron chi connectivity index (χ3n) is 1.35. The zero-order valence-electron chi connectivity index (χ0n) is 6.21. The van der Waals surface area contributed by atoms with Crippen LogP contribution in [0.15, 0.2) is 0 Å². The van der Waals surface area contributed by atoms with Gasteiger partial charge in [0.25, 0.3) is 0 Å². The maximum atomic E-state index is 10.4. The van der Waals surface area contributed by atoms with Gasteiger partial charge in [0.2, 0.25) is 5.82 Å². The van der Waals surface area contributed by atoms with E-state index in [9.17, 15) is 9.59 Å². The summed E-state index contributed by atoms with van der Waals surface area (Å²) in [6, 6.07) is -0.930. The maximum absolute atomic E-state index is 10.4. The van der Waals surface area contributed by atoms with Crippen LogP contribution in [0.1, 0.15) is 23.6 Å². The van der Waals surface area contributed by atoms with Crippen molar-refractivity contribution < 1.29 is 14.7 Å². The normalized spacial score (nSPS) is 12.4. The third kappa shape index (κ3) is 1.29. The van der Waals surface area contributed by atoms with E-state index in [1.165, 1.54) is 6.92 Å². The van der Waals surface area contributed by atoms with E-state index >= 15 is 0 Å². The Morgan fingerprint density at radius 3 is 2.92 bits per heavy atom. The van der Waals surface area contributed by atoms with E-state index < -0.39 is 12.0 Å². The van der Waals surface area contributed by atoms with Crippen LogP contribution < -0.4 is 0 Å².